The van der Waals surface area contributed by atoms with E-state index in [0.29, 0.717) is 6.54 Å². The number of hydrogen-bond donors (Lipinski definition) is 1. The van der Waals surface area contributed by atoms with Gasteiger partial charge in [-0.3, -0.25) is 4.99 Å². The van der Waals surface area contributed by atoms with Crippen molar-refractivity contribution in [2.45, 2.75) is 6.54 Å². The average molecular weight is 373 g/mol. The number of terminal acetylenes is 1. The molecule has 0 radical (unpaired) electrons. The van der Waals surface area contributed by atoms with Crippen molar-refractivity contribution < 1.29 is 4.74 Å². The molecular formula is C14H20IN3O. The number of guanidine groups is 1. The van der Waals surface area contributed by atoms with E-state index in [0.717, 1.165) is 18.3 Å². The van der Waals surface area contributed by atoms with Gasteiger partial charge in [0.15, 0.2) is 5.96 Å². The summed E-state index contributed by atoms with van der Waals surface area (Å²) in [7, 11) is 5.37. The fraction of sp³-hybridized carbons (Fsp3) is 0.357. The minimum absolute atomic E-state index is 0. The molecule has 5 heteroatoms. The number of nitrogens with one attached hydrogen (secondary N) is 1. The van der Waals surface area contributed by atoms with Gasteiger partial charge in [0.25, 0.3) is 0 Å². The molecule has 0 amide bonds. The highest BCUT2D eigenvalue weighted by molar-refractivity contribution is 14.0. The van der Waals surface area contributed by atoms with Gasteiger partial charge in [0.05, 0.1) is 13.7 Å². The Morgan fingerprint density at radius 3 is 2.53 bits per heavy atom. The lowest BCUT2D eigenvalue weighted by molar-refractivity contribution is 0.414. The van der Waals surface area contributed by atoms with Gasteiger partial charge in [0.2, 0.25) is 0 Å². The third kappa shape index (κ3) is 5.83. The first-order valence-electron chi connectivity index (χ1n) is 5.69. The van der Waals surface area contributed by atoms with Crippen molar-refractivity contribution in [1.29, 1.82) is 0 Å². The Balaban J connectivity index is 0.00000324. The zero-order valence-corrected chi connectivity index (χ0v) is 13.8. The molecule has 1 rings (SSSR count). The average Bonchev–Trinajstić information content (AvgIpc) is 2.40. The molecule has 0 fully saturated rings. The number of aliphatic imine (C=N–C) groups is 1. The van der Waals surface area contributed by atoms with Crippen LogP contribution in [0.4, 0.5) is 0 Å². The van der Waals surface area contributed by atoms with E-state index in [9.17, 15) is 0 Å². The first-order valence-corrected chi connectivity index (χ1v) is 5.69. The van der Waals surface area contributed by atoms with E-state index in [1.165, 1.54) is 5.56 Å². The van der Waals surface area contributed by atoms with Crippen LogP contribution in [0.5, 0.6) is 5.75 Å². The van der Waals surface area contributed by atoms with Gasteiger partial charge in [-0.05, 0) is 17.7 Å². The maximum Gasteiger partial charge on any atom is 0.194 e. The van der Waals surface area contributed by atoms with Crippen molar-refractivity contribution >= 4 is 29.9 Å². The first kappa shape index (κ1) is 17.6. The summed E-state index contributed by atoms with van der Waals surface area (Å²) in [5.74, 6) is 4.17. The smallest absolute Gasteiger partial charge is 0.194 e. The molecule has 0 aliphatic rings. The molecule has 0 aromatic heterocycles. The Kier molecular flexibility index (Phi) is 8.79. The molecule has 1 aromatic carbocycles. The maximum atomic E-state index is 5.22. The number of benzene rings is 1. The minimum atomic E-state index is 0. The van der Waals surface area contributed by atoms with Gasteiger partial charge in [0, 0.05) is 20.6 Å². The van der Waals surface area contributed by atoms with Crippen LogP contribution < -0.4 is 10.1 Å². The molecule has 0 aliphatic carbocycles. The SMILES string of the molecule is C#CCNC(=NC)N(C)Cc1ccc(OC)cc1.I. The summed E-state index contributed by atoms with van der Waals surface area (Å²) < 4.78 is 5.12. The van der Waals surface area contributed by atoms with E-state index >= 15 is 0 Å². The fourth-order valence-electron chi connectivity index (χ4n) is 1.59. The molecule has 0 bridgehead atoms. The predicted molar refractivity (Wildman–Crippen MR) is 90.1 cm³/mol. The van der Waals surface area contributed by atoms with E-state index in [2.05, 4.69) is 16.2 Å². The third-order valence-electron chi connectivity index (χ3n) is 2.50. The minimum Gasteiger partial charge on any atom is -0.497 e. The summed E-state index contributed by atoms with van der Waals surface area (Å²) in [5.41, 5.74) is 1.18. The predicted octanol–water partition coefficient (Wildman–Crippen LogP) is 1.95. The van der Waals surface area contributed by atoms with Gasteiger partial charge >= 0.3 is 0 Å². The van der Waals surface area contributed by atoms with Gasteiger partial charge in [-0.25, -0.2) is 0 Å². The molecule has 1 N–H and O–H groups in total. The van der Waals surface area contributed by atoms with E-state index in [-0.39, 0.29) is 24.0 Å². The summed E-state index contributed by atoms with van der Waals surface area (Å²) >= 11 is 0. The normalized spacial score (nSPS) is 10.1. The highest BCUT2D eigenvalue weighted by Gasteiger charge is 2.05. The Hall–Kier alpha value is -1.42. The van der Waals surface area contributed by atoms with Gasteiger partial charge < -0.3 is 15.0 Å². The van der Waals surface area contributed by atoms with Gasteiger partial charge in [-0.1, -0.05) is 18.1 Å². The van der Waals surface area contributed by atoms with Crippen molar-refractivity contribution in [2.24, 2.45) is 4.99 Å². The zero-order valence-electron chi connectivity index (χ0n) is 11.5. The first-order chi connectivity index (χ1) is 8.71. The molecule has 4 nitrogen and oxygen atoms in total. The Morgan fingerprint density at radius 1 is 1.42 bits per heavy atom. The quantitative estimate of drug-likeness (QED) is 0.380. The molecule has 0 spiro atoms. The van der Waals surface area contributed by atoms with E-state index in [1.54, 1.807) is 14.2 Å². The molecule has 1 aromatic rings. The highest BCUT2D eigenvalue weighted by atomic mass is 127. The number of rotatable bonds is 4. The van der Waals surface area contributed by atoms with E-state index in [1.807, 2.05) is 36.2 Å². The highest BCUT2D eigenvalue weighted by Crippen LogP contribution is 2.12. The van der Waals surface area contributed by atoms with Crippen LogP contribution in [0, 0.1) is 12.3 Å². The number of halogens is 1. The second kappa shape index (κ2) is 9.50. The van der Waals surface area contributed by atoms with Crippen LogP contribution >= 0.6 is 24.0 Å². The van der Waals surface area contributed by atoms with Crippen molar-refractivity contribution in [1.82, 2.24) is 10.2 Å². The number of hydrogen-bond acceptors (Lipinski definition) is 2. The molecule has 104 valence electrons. The van der Waals surface area contributed by atoms with Crippen molar-refractivity contribution in [3.8, 4) is 18.1 Å². The van der Waals surface area contributed by atoms with Crippen molar-refractivity contribution in [3.63, 3.8) is 0 Å². The molecule has 0 unspecified atom stereocenters. The van der Waals surface area contributed by atoms with E-state index < -0.39 is 0 Å². The van der Waals surface area contributed by atoms with Gasteiger partial charge in [-0.15, -0.1) is 30.4 Å². The summed E-state index contributed by atoms with van der Waals surface area (Å²) in [6.07, 6.45) is 5.22. The van der Waals surface area contributed by atoms with Crippen LogP contribution in [-0.4, -0.2) is 38.6 Å². The summed E-state index contributed by atoms with van der Waals surface area (Å²) in [6, 6.07) is 7.95. The standard InChI is InChI=1S/C14H19N3O.HI/c1-5-10-16-14(15-2)17(3)11-12-6-8-13(18-4)9-7-12;/h1,6-9H,10-11H2,2-4H3,(H,15,16);1H. The Labute approximate surface area is 132 Å². The Morgan fingerprint density at radius 2 is 2.05 bits per heavy atom. The fourth-order valence-corrected chi connectivity index (χ4v) is 1.59. The number of ether oxygens (including phenoxy) is 1. The van der Waals surface area contributed by atoms with Crippen LogP contribution in [0.1, 0.15) is 5.56 Å². The van der Waals surface area contributed by atoms with Crippen LogP contribution in [0.2, 0.25) is 0 Å². The lowest BCUT2D eigenvalue weighted by Gasteiger charge is -2.21. The van der Waals surface area contributed by atoms with Crippen molar-refractivity contribution in [3.05, 3.63) is 29.8 Å². The molecule has 0 heterocycles. The van der Waals surface area contributed by atoms with Gasteiger partial charge in [-0.2, -0.15) is 0 Å². The second-order valence-corrected chi connectivity index (χ2v) is 3.81. The molecule has 0 saturated carbocycles. The molecule has 0 atom stereocenters. The summed E-state index contributed by atoms with van der Waals surface area (Å²) in [6.45, 7) is 1.23. The zero-order chi connectivity index (χ0) is 13.4. The van der Waals surface area contributed by atoms with Crippen LogP contribution in [0.15, 0.2) is 29.3 Å². The lowest BCUT2D eigenvalue weighted by Crippen LogP contribution is -2.38. The van der Waals surface area contributed by atoms with E-state index in [4.69, 9.17) is 11.2 Å². The van der Waals surface area contributed by atoms with Crippen molar-refractivity contribution in [2.75, 3.05) is 27.7 Å². The molecule has 19 heavy (non-hydrogen) atoms. The number of methoxy groups -OCH3 is 1. The lowest BCUT2D eigenvalue weighted by atomic mass is 10.2. The maximum absolute atomic E-state index is 5.22. The topological polar surface area (TPSA) is 36.9 Å². The monoisotopic (exact) mass is 373 g/mol. The Bertz CT molecular complexity index is 437. The molecule has 0 saturated heterocycles. The van der Waals surface area contributed by atoms with Crippen LogP contribution in [0.3, 0.4) is 0 Å². The van der Waals surface area contributed by atoms with Crippen LogP contribution in [-0.2, 0) is 6.54 Å². The largest absolute Gasteiger partial charge is 0.497 e. The van der Waals surface area contributed by atoms with Gasteiger partial charge in [0.1, 0.15) is 5.75 Å². The summed E-state index contributed by atoms with van der Waals surface area (Å²) in [5, 5.41) is 3.08. The van der Waals surface area contributed by atoms with Crippen LogP contribution in [0.25, 0.3) is 0 Å². The second-order valence-electron chi connectivity index (χ2n) is 3.81. The summed E-state index contributed by atoms with van der Waals surface area (Å²) in [4.78, 5) is 6.18. The third-order valence-corrected chi connectivity index (χ3v) is 2.50. The molecule has 0 aliphatic heterocycles. The molecular weight excluding hydrogens is 353 g/mol. The number of nitrogens with zero attached hydrogens (tertiary/aromatic N) is 2.